The van der Waals surface area contributed by atoms with Crippen LogP contribution in [0.15, 0.2) is 0 Å². The van der Waals surface area contributed by atoms with E-state index in [-0.39, 0.29) is 0 Å². The summed E-state index contributed by atoms with van der Waals surface area (Å²) < 4.78 is 34.0. The van der Waals surface area contributed by atoms with Crippen LogP contribution in [0.2, 0.25) is 0 Å². The van der Waals surface area contributed by atoms with Gasteiger partial charge in [-0.1, -0.05) is 0 Å². The van der Waals surface area contributed by atoms with Gasteiger partial charge in [0.15, 0.2) is 0 Å². The number of phosphoric acid groups is 2. The van der Waals surface area contributed by atoms with E-state index in [1.165, 1.54) is 0 Å². The van der Waals surface area contributed by atoms with Crippen LogP contribution < -0.4 is 0 Å². The minimum absolute atomic E-state index is 0.453. The first-order valence-electron chi connectivity index (χ1n) is 3.98. The van der Waals surface area contributed by atoms with Crippen LogP contribution >= 0.6 is 15.6 Å². The van der Waals surface area contributed by atoms with E-state index in [1.807, 2.05) is 0 Å². The molecule has 0 amide bonds. The van der Waals surface area contributed by atoms with Gasteiger partial charge in [-0.05, 0) is 13.8 Å². The molecule has 0 rings (SSSR count). The lowest BCUT2D eigenvalue weighted by molar-refractivity contribution is 0.0976. The highest BCUT2D eigenvalue weighted by Gasteiger charge is 2.23. The third-order valence-electron chi connectivity index (χ3n) is 0.941. The van der Waals surface area contributed by atoms with Crippen LogP contribution in [0.5, 0.6) is 0 Å². The minimum atomic E-state index is -4.57. The Hall–Kier alpha value is 0.220. The van der Waals surface area contributed by atoms with Crippen molar-refractivity contribution in [2.75, 3.05) is 13.2 Å². The van der Waals surface area contributed by atoms with E-state index in [0.717, 1.165) is 0 Å². The van der Waals surface area contributed by atoms with Gasteiger partial charge in [0.05, 0.1) is 19.3 Å². The van der Waals surface area contributed by atoms with E-state index in [4.69, 9.17) is 14.7 Å². The summed E-state index contributed by atoms with van der Waals surface area (Å²) in [4.78, 5) is 25.5. The summed E-state index contributed by atoms with van der Waals surface area (Å²) in [5.41, 5.74) is 0. The molecule has 0 aromatic heterocycles. The van der Waals surface area contributed by atoms with E-state index in [9.17, 15) is 9.13 Å². The van der Waals surface area contributed by atoms with Crippen LogP contribution in [0.1, 0.15) is 13.8 Å². The monoisotopic (exact) mass is 264 g/mol. The Balaban J connectivity index is 3.76. The van der Waals surface area contributed by atoms with Crippen molar-refractivity contribution >= 4 is 15.6 Å². The molecule has 3 N–H and O–H groups in total. The molecule has 0 saturated carbocycles. The standard InChI is InChI=1S/C5H14O8P2/c1-5(2)13-15(9,10)12-4-3-11-14(6,7)8/h5H,3-4H2,1-2H3,(H,9,10)(H2,6,7,8). The van der Waals surface area contributed by atoms with Gasteiger partial charge >= 0.3 is 15.6 Å². The maximum atomic E-state index is 11.0. The molecule has 0 radical (unpaired) electrons. The Bertz CT molecular complexity index is 270. The Kier molecular flexibility index (Phi) is 6.17. The first-order chi connectivity index (χ1) is 6.62. The molecule has 0 fully saturated rings. The highest BCUT2D eigenvalue weighted by Crippen LogP contribution is 2.44. The van der Waals surface area contributed by atoms with Crippen LogP contribution in [-0.4, -0.2) is 34.0 Å². The van der Waals surface area contributed by atoms with Gasteiger partial charge in [-0.15, -0.1) is 0 Å². The molecule has 10 heteroatoms. The van der Waals surface area contributed by atoms with Gasteiger partial charge in [-0.25, -0.2) is 9.13 Å². The fourth-order valence-corrected chi connectivity index (χ4v) is 1.82. The smallest absolute Gasteiger partial charge is 0.303 e. The lowest BCUT2D eigenvalue weighted by Crippen LogP contribution is -2.06. The zero-order valence-electron chi connectivity index (χ0n) is 8.27. The summed E-state index contributed by atoms with van der Waals surface area (Å²) in [5.74, 6) is 0. The normalized spacial score (nSPS) is 16.7. The molecule has 15 heavy (non-hydrogen) atoms. The van der Waals surface area contributed by atoms with Gasteiger partial charge in [0.1, 0.15) is 0 Å². The molecule has 1 unspecified atom stereocenters. The van der Waals surface area contributed by atoms with Crippen LogP contribution in [0.25, 0.3) is 0 Å². The number of hydrogen-bond donors (Lipinski definition) is 3. The van der Waals surface area contributed by atoms with Gasteiger partial charge < -0.3 is 14.7 Å². The lowest BCUT2D eigenvalue weighted by Gasteiger charge is -2.14. The molecular weight excluding hydrogens is 250 g/mol. The Morgan fingerprint density at radius 3 is 1.93 bits per heavy atom. The first kappa shape index (κ1) is 15.2. The molecule has 92 valence electrons. The highest BCUT2D eigenvalue weighted by atomic mass is 31.2. The van der Waals surface area contributed by atoms with Crippen LogP contribution in [0.3, 0.4) is 0 Å². The van der Waals surface area contributed by atoms with Crippen LogP contribution in [0, 0.1) is 0 Å². The van der Waals surface area contributed by atoms with Gasteiger partial charge in [0.25, 0.3) is 0 Å². The van der Waals surface area contributed by atoms with Gasteiger partial charge in [-0.2, -0.15) is 0 Å². The summed E-state index contributed by atoms with van der Waals surface area (Å²) in [6.07, 6.45) is -0.497. The summed E-state index contributed by atoms with van der Waals surface area (Å²) in [5, 5.41) is 0. The second-order valence-electron chi connectivity index (χ2n) is 2.78. The summed E-state index contributed by atoms with van der Waals surface area (Å²) in [6.45, 7) is 2.12. The van der Waals surface area contributed by atoms with E-state index in [1.54, 1.807) is 13.8 Å². The molecule has 0 saturated heterocycles. The molecule has 0 bridgehead atoms. The third kappa shape index (κ3) is 10.5. The summed E-state index contributed by atoms with van der Waals surface area (Å²) >= 11 is 0. The maximum absolute atomic E-state index is 11.0. The van der Waals surface area contributed by atoms with Crippen molar-refractivity contribution < 1.29 is 37.4 Å². The van der Waals surface area contributed by atoms with Crippen molar-refractivity contribution in [2.24, 2.45) is 0 Å². The van der Waals surface area contributed by atoms with E-state index >= 15 is 0 Å². The highest BCUT2D eigenvalue weighted by molar-refractivity contribution is 7.47. The van der Waals surface area contributed by atoms with Crippen LogP contribution in [-0.2, 0) is 22.7 Å². The van der Waals surface area contributed by atoms with Crippen molar-refractivity contribution in [1.29, 1.82) is 0 Å². The first-order valence-corrected chi connectivity index (χ1v) is 7.01. The fourth-order valence-electron chi connectivity index (χ4n) is 0.606. The molecule has 8 nitrogen and oxygen atoms in total. The van der Waals surface area contributed by atoms with E-state index in [0.29, 0.717) is 0 Å². The second kappa shape index (κ2) is 6.08. The molecular formula is C5H14O8P2. The molecule has 0 aliphatic rings. The predicted molar refractivity (Wildman–Crippen MR) is 50.0 cm³/mol. The number of phosphoric ester groups is 2. The van der Waals surface area contributed by atoms with Crippen molar-refractivity contribution in [2.45, 2.75) is 20.0 Å². The molecule has 0 aromatic carbocycles. The Morgan fingerprint density at radius 1 is 1.07 bits per heavy atom. The summed E-state index contributed by atoms with van der Waals surface area (Å²) in [6, 6.07) is 0. The van der Waals surface area contributed by atoms with E-state index in [2.05, 4.69) is 13.6 Å². The van der Waals surface area contributed by atoms with Crippen molar-refractivity contribution in [3.63, 3.8) is 0 Å². The molecule has 0 aliphatic carbocycles. The predicted octanol–water partition coefficient (Wildman–Crippen LogP) is 0.638. The molecule has 1 atom stereocenters. The summed E-state index contributed by atoms with van der Waals surface area (Å²) in [7, 11) is -8.73. The molecule has 0 heterocycles. The zero-order valence-corrected chi connectivity index (χ0v) is 10.1. The topological polar surface area (TPSA) is 123 Å². The van der Waals surface area contributed by atoms with Gasteiger partial charge in [0, 0.05) is 0 Å². The second-order valence-corrected chi connectivity index (χ2v) is 5.43. The fraction of sp³-hybridized carbons (Fsp3) is 1.00. The average Bonchev–Trinajstić information content (AvgIpc) is 1.93. The van der Waals surface area contributed by atoms with E-state index < -0.39 is 35.0 Å². The minimum Gasteiger partial charge on any atom is -0.303 e. The number of rotatable bonds is 7. The zero-order chi connectivity index (χ0) is 12.1. The third-order valence-corrected chi connectivity index (χ3v) is 2.66. The maximum Gasteiger partial charge on any atom is 0.472 e. The van der Waals surface area contributed by atoms with Crippen molar-refractivity contribution in [1.82, 2.24) is 0 Å². The lowest BCUT2D eigenvalue weighted by atomic mass is 10.5. The quantitative estimate of drug-likeness (QED) is 0.452. The Labute approximate surface area is 87.0 Å². The van der Waals surface area contributed by atoms with Crippen molar-refractivity contribution in [3.05, 3.63) is 0 Å². The molecule has 0 aromatic rings. The SMILES string of the molecule is CC(C)OP(=O)(O)OCCOP(=O)(O)O. The molecule has 0 aliphatic heterocycles. The van der Waals surface area contributed by atoms with Gasteiger partial charge in [0.2, 0.25) is 0 Å². The average molecular weight is 264 g/mol. The largest absolute Gasteiger partial charge is 0.472 e. The van der Waals surface area contributed by atoms with Gasteiger partial charge in [-0.3, -0.25) is 13.6 Å². The number of hydrogen-bond acceptors (Lipinski definition) is 5. The van der Waals surface area contributed by atoms with Crippen LogP contribution in [0.4, 0.5) is 0 Å². The Morgan fingerprint density at radius 2 is 1.53 bits per heavy atom. The molecule has 0 spiro atoms. The van der Waals surface area contributed by atoms with Crippen molar-refractivity contribution in [3.8, 4) is 0 Å².